The molecule has 0 spiro atoms. The van der Waals surface area contributed by atoms with Gasteiger partial charge in [-0.25, -0.2) is 9.18 Å². The summed E-state index contributed by atoms with van der Waals surface area (Å²) in [6, 6.07) is 12.1. The summed E-state index contributed by atoms with van der Waals surface area (Å²) in [5.74, 6) is -0.912. The number of ether oxygens (including phenoxy) is 2. The number of hydrogen-bond acceptors (Lipinski definition) is 6. The van der Waals surface area contributed by atoms with Crippen molar-refractivity contribution in [2.45, 2.75) is 53.2 Å². The largest absolute Gasteiger partial charge is 0.465 e. The highest BCUT2D eigenvalue weighted by molar-refractivity contribution is 5.97. The van der Waals surface area contributed by atoms with E-state index in [1.54, 1.807) is 61.7 Å². The number of oxime groups is 1. The molecule has 0 saturated carbocycles. The zero-order valence-electron chi connectivity index (χ0n) is 20.1. The Morgan fingerprint density at radius 3 is 2.56 bits per heavy atom. The van der Waals surface area contributed by atoms with Crippen LogP contribution in [0.1, 0.15) is 61.9 Å². The van der Waals surface area contributed by atoms with Crippen LogP contribution in [0.2, 0.25) is 0 Å². The van der Waals surface area contributed by atoms with E-state index in [0.717, 1.165) is 0 Å². The fraction of sp³-hybridized carbons (Fsp3) is 0.346. The first-order valence-corrected chi connectivity index (χ1v) is 11.2. The number of carbonyl (C=O) groups excluding carboxylic acids is 1. The zero-order chi connectivity index (χ0) is 24.9. The molecule has 0 aliphatic heterocycles. The molecule has 3 aromatic rings. The number of halogens is 1. The second-order valence-corrected chi connectivity index (χ2v) is 8.70. The number of aromatic nitrogens is 2. The SMILES string of the molecule is CCOc1nc(CC)c(/C=N/O)n1Cc1ccc(-c2ccccc2C(=O)OC(C)(C)C)cc1F. The van der Waals surface area contributed by atoms with E-state index < -0.39 is 17.4 Å². The van der Waals surface area contributed by atoms with E-state index in [2.05, 4.69) is 10.1 Å². The van der Waals surface area contributed by atoms with Crippen LogP contribution in [0.15, 0.2) is 47.6 Å². The lowest BCUT2D eigenvalue weighted by Crippen LogP contribution is -2.24. The van der Waals surface area contributed by atoms with Crippen molar-refractivity contribution in [2.24, 2.45) is 5.16 Å². The lowest BCUT2D eigenvalue weighted by atomic mass is 9.98. The molecule has 0 atom stereocenters. The molecule has 0 aliphatic carbocycles. The predicted molar refractivity (Wildman–Crippen MR) is 128 cm³/mol. The number of carbonyl (C=O) groups is 1. The van der Waals surface area contributed by atoms with E-state index in [-0.39, 0.29) is 6.54 Å². The van der Waals surface area contributed by atoms with Crippen molar-refractivity contribution in [1.82, 2.24) is 9.55 Å². The molecule has 180 valence electrons. The Bertz CT molecular complexity index is 1200. The lowest BCUT2D eigenvalue weighted by Gasteiger charge is -2.20. The van der Waals surface area contributed by atoms with Gasteiger partial charge in [0, 0.05) is 5.56 Å². The Balaban J connectivity index is 1.99. The minimum Gasteiger partial charge on any atom is -0.465 e. The maximum absolute atomic E-state index is 15.3. The third kappa shape index (κ3) is 5.62. The van der Waals surface area contributed by atoms with Crippen LogP contribution in [0.4, 0.5) is 4.39 Å². The molecule has 2 aromatic carbocycles. The zero-order valence-corrected chi connectivity index (χ0v) is 20.1. The van der Waals surface area contributed by atoms with Gasteiger partial charge < -0.3 is 14.7 Å². The number of esters is 1. The highest BCUT2D eigenvalue weighted by atomic mass is 19.1. The molecule has 0 fully saturated rings. The van der Waals surface area contributed by atoms with Gasteiger partial charge in [-0.15, -0.1) is 0 Å². The maximum Gasteiger partial charge on any atom is 0.339 e. The number of rotatable bonds is 8. The number of hydrogen-bond donors (Lipinski definition) is 1. The Labute approximate surface area is 198 Å². The lowest BCUT2D eigenvalue weighted by molar-refractivity contribution is 0.00704. The van der Waals surface area contributed by atoms with Crippen LogP contribution in [0.3, 0.4) is 0 Å². The topological polar surface area (TPSA) is 85.9 Å². The second-order valence-electron chi connectivity index (χ2n) is 8.70. The minimum absolute atomic E-state index is 0.128. The molecule has 1 heterocycles. The van der Waals surface area contributed by atoms with E-state index in [9.17, 15) is 4.79 Å². The van der Waals surface area contributed by atoms with Crippen molar-refractivity contribution < 1.29 is 23.9 Å². The van der Waals surface area contributed by atoms with Crippen molar-refractivity contribution in [3.63, 3.8) is 0 Å². The van der Waals surface area contributed by atoms with Crippen LogP contribution in [0.5, 0.6) is 6.01 Å². The molecule has 0 saturated heterocycles. The highest BCUT2D eigenvalue weighted by Gasteiger charge is 2.22. The molecule has 1 N–H and O–H groups in total. The molecular weight excluding hydrogens is 437 g/mol. The number of benzene rings is 2. The molecule has 1 aromatic heterocycles. The number of imidazole rings is 1. The smallest absolute Gasteiger partial charge is 0.339 e. The normalized spacial score (nSPS) is 11.7. The van der Waals surface area contributed by atoms with Gasteiger partial charge in [0.05, 0.1) is 36.3 Å². The molecule has 7 nitrogen and oxygen atoms in total. The van der Waals surface area contributed by atoms with Crippen molar-refractivity contribution in [3.05, 3.63) is 70.8 Å². The van der Waals surface area contributed by atoms with Crippen molar-refractivity contribution in [1.29, 1.82) is 0 Å². The van der Waals surface area contributed by atoms with Gasteiger partial charge in [0.15, 0.2) is 0 Å². The van der Waals surface area contributed by atoms with Crippen LogP contribution in [0.25, 0.3) is 11.1 Å². The van der Waals surface area contributed by atoms with Crippen molar-refractivity contribution >= 4 is 12.2 Å². The molecule has 8 heteroatoms. The molecule has 0 aliphatic rings. The summed E-state index contributed by atoms with van der Waals surface area (Å²) in [5.41, 5.74) is 2.50. The molecule has 3 rings (SSSR count). The van der Waals surface area contributed by atoms with E-state index in [1.807, 2.05) is 13.8 Å². The summed E-state index contributed by atoms with van der Waals surface area (Å²) in [6.07, 6.45) is 1.87. The highest BCUT2D eigenvalue weighted by Crippen LogP contribution is 2.28. The molecule has 0 unspecified atom stereocenters. The van der Waals surface area contributed by atoms with Crippen LogP contribution >= 0.6 is 0 Å². The number of nitrogens with zero attached hydrogens (tertiary/aromatic N) is 3. The molecule has 0 bridgehead atoms. The Morgan fingerprint density at radius 2 is 1.94 bits per heavy atom. The summed E-state index contributed by atoms with van der Waals surface area (Å²) >= 11 is 0. The molecule has 0 radical (unpaired) electrons. The first-order valence-electron chi connectivity index (χ1n) is 11.2. The molecular formula is C26H30FN3O4. The van der Waals surface area contributed by atoms with Gasteiger partial charge in [-0.3, -0.25) is 4.57 Å². The van der Waals surface area contributed by atoms with Gasteiger partial charge in [0.2, 0.25) is 0 Å². The van der Waals surface area contributed by atoms with Gasteiger partial charge in [0.25, 0.3) is 6.01 Å². The Morgan fingerprint density at radius 1 is 1.21 bits per heavy atom. The first-order chi connectivity index (χ1) is 16.2. The molecule has 34 heavy (non-hydrogen) atoms. The third-order valence-electron chi connectivity index (χ3n) is 5.07. The fourth-order valence-electron chi connectivity index (χ4n) is 3.60. The van der Waals surface area contributed by atoms with Crippen LogP contribution in [-0.4, -0.2) is 39.2 Å². The third-order valence-corrected chi connectivity index (χ3v) is 5.07. The minimum atomic E-state index is -0.644. The summed E-state index contributed by atoms with van der Waals surface area (Å²) in [4.78, 5) is 17.2. The second kappa shape index (κ2) is 10.5. The van der Waals surface area contributed by atoms with Gasteiger partial charge in [-0.2, -0.15) is 4.98 Å². The van der Waals surface area contributed by atoms with Crippen molar-refractivity contribution in [3.8, 4) is 17.1 Å². The number of aryl methyl sites for hydroxylation is 1. The fourth-order valence-corrected chi connectivity index (χ4v) is 3.60. The Kier molecular flexibility index (Phi) is 7.71. The monoisotopic (exact) mass is 467 g/mol. The maximum atomic E-state index is 15.3. The van der Waals surface area contributed by atoms with Crippen LogP contribution in [-0.2, 0) is 17.7 Å². The summed E-state index contributed by atoms with van der Waals surface area (Å²) in [5, 5.41) is 12.2. The molecule has 0 amide bonds. The van der Waals surface area contributed by atoms with E-state index in [4.69, 9.17) is 14.7 Å². The standard InChI is InChI=1S/C26H30FN3O4/c1-6-22-23(15-28-32)30(25(29-22)33-7-2)16-18-13-12-17(14-21(18)27)19-10-8-9-11-20(19)24(31)34-26(3,4)5/h8-15,32H,6-7,16H2,1-5H3/b28-15+. The average molecular weight is 468 g/mol. The quantitative estimate of drug-likeness (QED) is 0.206. The Hall–Kier alpha value is -3.68. The average Bonchev–Trinajstić information content (AvgIpc) is 3.10. The van der Waals surface area contributed by atoms with Gasteiger partial charge in [0.1, 0.15) is 11.4 Å². The van der Waals surface area contributed by atoms with Gasteiger partial charge >= 0.3 is 5.97 Å². The van der Waals surface area contributed by atoms with Gasteiger partial charge in [-0.05, 0) is 57.4 Å². The van der Waals surface area contributed by atoms with Gasteiger partial charge in [-0.1, -0.05) is 42.4 Å². The predicted octanol–water partition coefficient (Wildman–Crippen LogP) is 5.46. The van der Waals surface area contributed by atoms with E-state index >= 15 is 4.39 Å². The van der Waals surface area contributed by atoms with Crippen LogP contribution < -0.4 is 4.74 Å². The van der Waals surface area contributed by atoms with Crippen molar-refractivity contribution in [2.75, 3.05) is 6.61 Å². The van der Waals surface area contributed by atoms with E-state index in [0.29, 0.717) is 52.7 Å². The van der Waals surface area contributed by atoms with E-state index in [1.165, 1.54) is 12.3 Å². The summed E-state index contributed by atoms with van der Waals surface area (Å²) in [7, 11) is 0. The first kappa shape index (κ1) is 25.0. The summed E-state index contributed by atoms with van der Waals surface area (Å²) < 4.78 is 28.1. The summed E-state index contributed by atoms with van der Waals surface area (Å²) in [6.45, 7) is 9.68. The van der Waals surface area contributed by atoms with Crippen LogP contribution in [0, 0.1) is 5.82 Å².